The van der Waals surface area contributed by atoms with Gasteiger partial charge < -0.3 is 14.9 Å². The first-order valence-electron chi connectivity index (χ1n) is 10.0. The molecule has 1 spiro atoms. The van der Waals surface area contributed by atoms with E-state index in [1.807, 2.05) is 35.8 Å². The topological polar surface area (TPSA) is 73.7 Å². The van der Waals surface area contributed by atoms with Crippen LogP contribution in [0.25, 0.3) is 0 Å². The van der Waals surface area contributed by atoms with Crippen molar-refractivity contribution in [1.29, 1.82) is 0 Å². The Labute approximate surface area is 161 Å². The summed E-state index contributed by atoms with van der Waals surface area (Å²) in [5.74, 6) is 0.369. The van der Waals surface area contributed by atoms with E-state index in [4.69, 9.17) is 0 Å². The molecule has 0 saturated carbocycles. The van der Waals surface area contributed by atoms with E-state index in [9.17, 15) is 14.7 Å². The second-order valence-corrected chi connectivity index (χ2v) is 8.58. The van der Waals surface area contributed by atoms with Crippen molar-refractivity contribution in [2.75, 3.05) is 19.6 Å². The second kappa shape index (κ2) is 8.38. The molecule has 0 aromatic carbocycles. The number of carbonyl (C=O) groups is 2. The summed E-state index contributed by atoms with van der Waals surface area (Å²) in [6, 6.07) is 3.90. The van der Waals surface area contributed by atoms with Crippen molar-refractivity contribution in [3.8, 4) is 0 Å². The number of carbonyl (C=O) groups excluding carboxylic acids is 2. The van der Waals surface area contributed by atoms with E-state index in [1.54, 1.807) is 12.4 Å². The van der Waals surface area contributed by atoms with E-state index in [0.29, 0.717) is 38.4 Å². The van der Waals surface area contributed by atoms with Gasteiger partial charge in [-0.2, -0.15) is 0 Å². The highest BCUT2D eigenvalue weighted by molar-refractivity contribution is 5.81. The average molecular weight is 373 g/mol. The molecule has 0 unspecified atom stereocenters. The van der Waals surface area contributed by atoms with Gasteiger partial charge in [0.2, 0.25) is 5.91 Å². The molecule has 148 valence electrons. The molecule has 0 bridgehead atoms. The Hall–Kier alpha value is -1.95. The van der Waals surface area contributed by atoms with Crippen molar-refractivity contribution in [3.63, 3.8) is 0 Å². The largest absolute Gasteiger partial charge is 0.383 e. The van der Waals surface area contributed by atoms with Gasteiger partial charge in [-0.15, -0.1) is 0 Å². The number of aliphatic hydroxyl groups is 1. The molecule has 2 amide bonds. The first-order chi connectivity index (χ1) is 12.9. The van der Waals surface area contributed by atoms with Gasteiger partial charge in [0.1, 0.15) is 6.10 Å². The molecule has 27 heavy (non-hydrogen) atoms. The Morgan fingerprint density at radius 3 is 2.52 bits per heavy atom. The molecule has 2 fully saturated rings. The summed E-state index contributed by atoms with van der Waals surface area (Å²) in [6.45, 7) is 6.75. The minimum atomic E-state index is -0.893. The van der Waals surface area contributed by atoms with E-state index < -0.39 is 6.10 Å². The SMILES string of the molecule is CC(C)C[C@H](O)C(=O)N1CCC2(CCC(=O)N(Cc3ccncc3)C2)CC1. The van der Waals surface area contributed by atoms with E-state index >= 15 is 0 Å². The van der Waals surface area contributed by atoms with Crippen molar-refractivity contribution in [2.24, 2.45) is 11.3 Å². The van der Waals surface area contributed by atoms with Crippen LogP contribution in [0, 0.1) is 11.3 Å². The van der Waals surface area contributed by atoms with Crippen molar-refractivity contribution in [3.05, 3.63) is 30.1 Å². The lowest BCUT2D eigenvalue weighted by molar-refractivity contribution is -0.147. The van der Waals surface area contributed by atoms with Crippen molar-refractivity contribution in [1.82, 2.24) is 14.8 Å². The number of pyridine rings is 1. The van der Waals surface area contributed by atoms with Gasteiger partial charge in [0.15, 0.2) is 0 Å². The monoisotopic (exact) mass is 373 g/mol. The lowest BCUT2D eigenvalue weighted by Crippen LogP contribution is -2.53. The molecular formula is C21H31N3O3. The van der Waals surface area contributed by atoms with Crippen LogP contribution in [-0.4, -0.2) is 57.4 Å². The number of hydrogen-bond donors (Lipinski definition) is 1. The minimum absolute atomic E-state index is 0.0979. The number of nitrogens with zero attached hydrogens (tertiary/aromatic N) is 3. The van der Waals surface area contributed by atoms with Gasteiger partial charge in [0.05, 0.1) is 0 Å². The lowest BCUT2D eigenvalue weighted by atomic mass is 9.72. The van der Waals surface area contributed by atoms with Gasteiger partial charge in [-0.3, -0.25) is 14.6 Å². The molecule has 2 aliphatic heterocycles. The van der Waals surface area contributed by atoms with Crippen LogP contribution in [-0.2, 0) is 16.1 Å². The van der Waals surface area contributed by atoms with Crippen molar-refractivity contribution >= 4 is 11.8 Å². The molecule has 1 aromatic heterocycles. The molecule has 0 radical (unpaired) electrons. The number of likely N-dealkylation sites (tertiary alicyclic amines) is 2. The number of rotatable bonds is 5. The van der Waals surface area contributed by atoms with Gasteiger partial charge in [-0.05, 0) is 54.7 Å². The molecule has 1 aromatic rings. The Morgan fingerprint density at radius 2 is 1.89 bits per heavy atom. The number of piperidine rings is 2. The fraction of sp³-hybridized carbons (Fsp3) is 0.667. The van der Waals surface area contributed by atoms with E-state index in [-0.39, 0.29) is 17.2 Å². The van der Waals surface area contributed by atoms with Crippen LogP contribution < -0.4 is 0 Å². The molecule has 0 aliphatic carbocycles. The average Bonchev–Trinajstić information content (AvgIpc) is 2.65. The van der Waals surface area contributed by atoms with Crippen LogP contribution >= 0.6 is 0 Å². The Balaban J connectivity index is 1.58. The molecule has 6 nitrogen and oxygen atoms in total. The fourth-order valence-corrected chi connectivity index (χ4v) is 4.32. The summed E-state index contributed by atoms with van der Waals surface area (Å²) in [5.41, 5.74) is 1.19. The maximum Gasteiger partial charge on any atom is 0.251 e. The molecule has 2 aliphatic rings. The van der Waals surface area contributed by atoms with Crippen LogP contribution in [0.3, 0.4) is 0 Å². The number of amides is 2. The van der Waals surface area contributed by atoms with Gasteiger partial charge >= 0.3 is 0 Å². The molecule has 2 saturated heterocycles. The van der Waals surface area contributed by atoms with E-state index in [1.165, 1.54) is 0 Å². The highest BCUT2D eigenvalue weighted by Crippen LogP contribution is 2.40. The predicted molar refractivity (Wildman–Crippen MR) is 103 cm³/mol. The molecule has 6 heteroatoms. The third-order valence-electron chi connectivity index (χ3n) is 5.99. The third-order valence-corrected chi connectivity index (χ3v) is 5.99. The molecule has 1 N–H and O–H groups in total. The summed E-state index contributed by atoms with van der Waals surface area (Å²) >= 11 is 0. The van der Waals surface area contributed by atoms with Crippen LogP contribution in [0.2, 0.25) is 0 Å². The first kappa shape index (κ1) is 19.8. The number of hydrogen-bond acceptors (Lipinski definition) is 4. The smallest absolute Gasteiger partial charge is 0.251 e. The van der Waals surface area contributed by atoms with Crippen LogP contribution in [0.1, 0.15) is 51.5 Å². The summed E-state index contributed by atoms with van der Waals surface area (Å²) < 4.78 is 0. The quantitative estimate of drug-likeness (QED) is 0.859. The zero-order valence-corrected chi connectivity index (χ0v) is 16.4. The van der Waals surface area contributed by atoms with Crippen LogP contribution in [0.4, 0.5) is 0 Å². The zero-order valence-electron chi connectivity index (χ0n) is 16.4. The van der Waals surface area contributed by atoms with Crippen LogP contribution in [0.5, 0.6) is 0 Å². The number of aromatic nitrogens is 1. The summed E-state index contributed by atoms with van der Waals surface area (Å²) in [7, 11) is 0. The maximum absolute atomic E-state index is 12.5. The molecule has 3 heterocycles. The first-order valence-corrected chi connectivity index (χ1v) is 10.0. The van der Waals surface area contributed by atoms with Gasteiger partial charge in [0.25, 0.3) is 5.91 Å². The summed E-state index contributed by atoms with van der Waals surface area (Å²) in [6.07, 6.45) is 6.40. The fourth-order valence-electron chi connectivity index (χ4n) is 4.32. The standard InChI is InChI=1S/C21H31N3O3/c1-16(2)13-18(25)20(27)23-11-7-21(8-12-23)6-3-19(26)24(15-21)14-17-4-9-22-10-5-17/h4-5,9-10,16,18,25H,3,6-8,11-15H2,1-2H3/t18-/m0/s1. The molecule has 3 rings (SSSR count). The Bertz CT molecular complexity index is 654. The number of aliphatic hydroxyl groups excluding tert-OH is 1. The predicted octanol–water partition coefficient (Wildman–Crippen LogP) is 2.22. The highest BCUT2D eigenvalue weighted by Gasteiger charge is 2.42. The lowest BCUT2D eigenvalue weighted by Gasteiger charge is -2.47. The second-order valence-electron chi connectivity index (χ2n) is 8.58. The maximum atomic E-state index is 12.5. The minimum Gasteiger partial charge on any atom is -0.383 e. The van der Waals surface area contributed by atoms with Gasteiger partial charge in [-0.25, -0.2) is 0 Å². The Morgan fingerprint density at radius 1 is 1.22 bits per heavy atom. The van der Waals surface area contributed by atoms with E-state index in [0.717, 1.165) is 31.4 Å². The summed E-state index contributed by atoms with van der Waals surface area (Å²) in [5, 5.41) is 10.1. The van der Waals surface area contributed by atoms with Gasteiger partial charge in [-0.1, -0.05) is 13.8 Å². The zero-order chi connectivity index (χ0) is 19.4. The molecule has 1 atom stereocenters. The Kier molecular flexibility index (Phi) is 6.15. The van der Waals surface area contributed by atoms with Gasteiger partial charge in [0, 0.05) is 45.0 Å². The third kappa shape index (κ3) is 4.86. The van der Waals surface area contributed by atoms with Crippen molar-refractivity contribution < 1.29 is 14.7 Å². The van der Waals surface area contributed by atoms with Crippen molar-refractivity contribution in [2.45, 2.75) is 58.6 Å². The van der Waals surface area contributed by atoms with Crippen LogP contribution in [0.15, 0.2) is 24.5 Å². The summed E-state index contributed by atoms with van der Waals surface area (Å²) in [4.78, 5) is 32.7. The normalized spacial score (nSPS) is 21.0. The highest BCUT2D eigenvalue weighted by atomic mass is 16.3. The van der Waals surface area contributed by atoms with E-state index in [2.05, 4.69) is 4.98 Å². The molecular weight excluding hydrogens is 342 g/mol.